The molecule has 0 saturated carbocycles. The molecular weight excluding hydrogens is 249 g/mol. The smallest absolute Gasteiger partial charge is 0.123 e. The summed E-state index contributed by atoms with van der Waals surface area (Å²) in [7, 11) is 0. The lowest BCUT2D eigenvalue weighted by Crippen LogP contribution is -2.12. The maximum absolute atomic E-state index is 13.4. The van der Waals surface area contributed by atoms with Gasteiger partial charge in [-0.25, -0.2) is 4.39 Å². The molecule has 0 saturated heterocycles. The van der Waals surface area contributed by atoms with Crippen molar-refractivity contribution in [3.63, 3.8) is 0 Å². The van der Waals surface area contributed by atoms with Gasteiger partial charge in [0.2, 0.25) is 0 Å². The van der Waals surface area contributed by atoms with Crippen LogP contribution in [0.4, 0.5) is 4.39 Å². The van der Waals surface area contributed by atoms with Crippen molar-refractivity contribution in [1.82, 2.24) is 5.32 Å². The van der Waals surface area contributed by atoms with Crippen LogP contribution in [0.25, 0.3) is 11.1 Å². The van der Waals surface area contributed by atoms with Crippen LogP contribution in [0.15, 0.2) is 42.5 Å². The molecule has 0 fully saturated rings. The van der Waals surface area contributed by atoms with E-state index in [4.69, 9.17) is 0 Å². The third-order valence-electron chi connectivity index (χ3n) is 3.52. The summed E-state index contributed by atoms with van der Waals surface area (Å²) in [5.41, 5.74) is 4.57. The van der Waals surface area contributed by atoms with Gasteiger partial charge >= 0.3 is 0 Å². The normalized spacial score (nSPS) is 11.1. The molecule has 0 radical (unpaired) electrons. The van der Waals surface area contributed by atoms with Gasteiger partial charge in [-0.15, -0.1) is 0 Å². The topological polar surface area (TPSA) is 12.0 Å². The van der Waals surface area contributed by atoms with Gasteiger partial charge in [-0.3, -0.25) is 0 Å². The van der Waals surface area contributed by atoms with Gasteiger partial charge in [-0.2, -0.15) is 0 Å². The highest BCUT2D eigenvalue weighted by atomic mass is 19.1. The molecule has 2 heteroatoms. The number of rotatable bonds is 5. The summed E-state index contributed by atoms with van der Waals surface area (Å²) in [5, 5.41) is 3.26. The molecule has 106 valence electrons. The lowest BCUT2D eigenvalue weighted by Gasteiger charge is -2.12. The lowest BCUT2D eigenvalue weighted by atomic mass is 9.96. The van der Waals surface area contributed by atoms with E-state index in [0.717, 1.165) is 23.2 Å². The van der Waals surface area contributed by atoms with Gasteiger partial charge in [0.1, 0.15) is 5.82 Å². The van der Waals surface area contributed by atoms with Crippen molar-refractivity contribution < 1.29 is 4.39 Å². The van der Waals surface area contributed by atoms with Crippen LogP contribution in [0, 0.1) is 5.82 Å². The van der Waals surface area contributed by atoms with E-state index in [1.165, 1.54) is 11.6 Å². The van der Waals surface area contributed by atoms with Gasteiger partial charge in [0.05, 0.1) is 0 Å². The Kier molecular flexibility index (Phi) is 4.91. The molecule has 2 aromatic carbocycles. The second-order valence-corrected chi connectivity index (χ2v) is 5.36. The summed E-state index contributed by atoms with van der Waals surface area (Å²) in [4.78, 5) is 0. The molecule has 0 unspecified atom stereocenters. The Hall–Kier alpha value is -1.67. The average Bonchev–Trinajstić information content (AvgIpc) is 2.45. The van der Waals surface area contributed by atoms with Crippen LogP contribution in [0.5, 0.6) is 0 Å². The zero-order valence-corrected chi connectivity index (χ0v) is 12.4. The Morgan fingerprint density at radius 2 is 1.75 bits per heavy atom. The van der Waals surface area contributed by atoms with E-state index in [1.807, 2.05) is 6.07 Å². The Balaban J connectivity index is 2.35. The highest BCUT2D eigenvalue weighted by Gasteiger charge is 2.07. The molecule has 1 N–H and O–H groups in total. The molecular formula is C18H22FN. The Bertz CT molecular complexity index is 558. The highest BCUT2D eigenvalue weighted by Crippen LogP contribution is 2.26. The molecule has 0 amide bonds. The van der Waals surface area contributed by atoms with Crippen LogP contribution in [0.2, 0.25) is 0 Å². The van der Waals surface area contributed by atoms with E-state index in [9.17, 15) is 4.39 Å². The molecule has 0 spiro atoms. The summed E-state index contributed by atoms with van der Waals surface area (Å²) in [5.74, 6) is 0.346. The Labute approximate surface area is 120 Å². The first-order valence-electron chi connectivity index (χ1n) is 7.21. The van der Waals surface area contributed by atoms with Gasteiger partial charge in [-0.1, -0.05) is 51.1 Å². The SMILES string of the molecule is CCNCc1cc(F)ccc1-c1ccc(C(C)C)cc1. The van der Waals surface area contributed by atoms with Crippen molar-refractivity contribution in [2.45, 2.75) is 33.2 Å². The Morgan fingerprint density at radius 3 is 2.35 bits per heavy atom. The lowest BCUT2D eigenvalue weighted by molar-refractivity contribution is 0.622. The fourth-order valence-electron chi connectivity index (χ4n) is 2.30. The number of hydrogen-bond acceptors (Lipinski definition) is 1. The molecule has 0 aliphatic rings. The van der Waals surface area contributed by atoms with Crippen LogP contribution < -0.4 is 5.32 Å². The van der Waals surface area contributed by atoms with Gasteiger partial charge in [0, 0.05) is 6.54 Å². The minimum atomic E-state index is -0.180. The molecule has 2 aromatic rings. The molecule has 0 aliphatic carbocycles. The van der Waals surface area contributed by atoms with Crippen LogP contribution >= 0.6 is 0 Å². The summed E-state index contributed by atoms with van der Waals surface area (Å²) in [6.45, 7) is 7.99. The summed E-state index contributed by atoms with van der Waals surface area (Å²) in [6, 6.07) is 13.6. The van der Waals surface area contributed by atoms with E-state index >= 15 is 0 Å². The van der Waals surface area contributed by atoms with Gasteiger partial charge in [0.25, 0.3) is 0 Å². The molecule has 1 nitrogen and oxygen atoms in total. The van der Waals surface area contributed by atoms with E-state index in [0.29, 0.717) is 12.5 Å². The summed E-state index contributed by atoms with van der Waals surface area (Å²) >= 11 is 0. The van der Waals surface area contributed by atoms with Gasteiger partial charge in [-0.05, 0) is 46.8 Å². The number of hydrogen-bond donors (Lipinski definition) is 1. The van der Waals surface area contributed by atoms with E-state index in [1.54, 1.807) is 6.07 Å². The van der Waals surface area contributed by atoms with Crippen molar-refractivity contribution in [3.8, 4) is 11.1 Å². The van der Waals surface area contributed by atoms with Crippen LogP contribution in [0.3, 0.4) is 0 Å². The predicted molar refractivity (Wildman–Crippen MR) is 83.3 cm³/mol. The zero-order chi connectivity index (χ0) is 14.5. The van der Waals surface area contributed by atoms with Crippen molar-refractivity contribution >= 4 is 0 Å². The molecule has 0 aromatic heterocycles. The first kappa shape index (κ1) is 14.7. The second kappa shape index (κ2) is 6.67. The maximum Gasteiger partial charge on any atom is 0.123 e. The fraction of sp³-hybridized carbons (Fsp3) is 0.333. The summed E-state index contributed by atoms with van der Waals surface area (Å²) < 4.78 is 13.4. The molecule has 0 heterocycles. The molecule has 0 bridgehead atoms. The fourth-order valence-corrected chi connectivity index (χ4v) is 2.30. The van der Waals surface area contributed by atoms with Crippen molar-refractivity contribution in [3.05, 3.63) is 59.4 Å². The maximum atomic E-state index is 13.4. The van der Waals surface area contributed by atoms with Gasteiger partial charge < -0.3 is 5.32 Å². The summed E-state index contributed by atoms with van der Waals surface area (Å²) in [6.07, 6.45) is 0. The van der Waals surface area contributed by atoms with Crippen molar-refractivity contribution in [2.24, 2.45) is 0 Å². The van der Waals surface area contributed by atoms with Gasteiger partial charge in [0.15, 0.2) is 0 Å². The number of benzene rings is 2. The number of nitrogens with one attached hydrogen (secondary N) is 1. The van der Waals surface area contributed by atoms with Crippen molar-refractivity contribution in [1.29, 1.82) is 0 Å². The molecule has 20 heavy (non-hydrogen) atoms. The quantitative estimate of drug-likeness (QED) is 0.829. The minimum absolute atomic E-state index is 0.180. The van der Waals surface area contributed by atoms with Crippen LogP contribution in [-0.2, 0) is 6.54 Å². The first-order valence-corrected chi connectivity index (χ1v) is 7.21. The third kappa shape index (κ3) is 3.45. The molecule has 0 aliphatic heterocycles. The third-order valence-corrected chi connectivity index (χ3v) is 3.52. The molecule has 2 rings (SSSR count). The monoisotopic (exact) mass is 271 g/mol. The largest absolute Gasteiger partial charge is 0.313 e. The molecule has 0 atom stereocenters. The zero-order valence-electron chi connectivity index (χ0n) is 12.4. The van der Waals surface area contributed by atoms with E-state index < -0.39 is 0 Å². The van der Waals surface area contributed by atoms with Crippen LogP contribution in [0.1, 0.15) is 37.8 Å². The number of halogens is 1. The predicted octanol–water partition coefficient (Wildman–Crippen LogP) is 4.73. The second-order valence-electron chi connectivity index (χ2n) is 5.36. The standard InChI is InChI=1S/C18H22FN/c1-4-20-12-16-11-17(19)9-10-18(16)15-7-5-14(6-8-15)13(2)3/h5-11,13,20H,4,12H2,1-3H3. The Morgan fingerprint density at radius 1 is 1.05 bits per heavy atom. The van der Waals surface area contributed by atoms with E-state index in [-0.39, 0.29) is 5.82 Å². The van der Waals surface area contributed by atoms with E-state index in [2.05, 4.69) is 50.4 Å². The first-order chi connectivity index (χ1) is 9.61. The van der Waals surface area contributed by atoms with Crippen LogP contribution in [-0.4, -0.2) is 6.54 Å². The van der Waals surface area contributed by atoms with Crippen molar-refractivity contribution in [2.75, 3.05) is 6.54 Å². The average molecular weight is 271 g/mol. The highest BCUT2D eigenvalue weighted by molar-refractivity contribution is 5.67. The minimum Gasteiger partial charge on any atom is -0.313 e.